The van der Waals surface area contributed by atoms with Gasteiger partial charge in [0.2, 0.25) is 0 Å². The van der Waals surface area contributed by atoms with Gasteiger partial charge in [-0.25, -0.2) is 0 Å². The van der Waals surface area contributed by atoms with Gasteiger partial charge in [0.15, 0.2) is 0 Å². The van der Waals surface area contributed by atoms with Crippen LogP contribution in [0.5, 0.6) is 0 Å². The molecule has 0 fully saturated rings. The summed E-state index contributed by atoms with van der Waals surface area (Å²) in [5.41, 5.74) is 0.399. The largest absolute Gasteiger partial charge is 0.390 e. The number of aliphatic hydroxyl groups is 2. The summed E-state index contributed by atoms with van der Waals surface area (Å²) < 4.78 is 0. The van der Waals surface area contributed by atoms with E-state index in [1.165, 1.54) is 18.6 Å². The summed E-state index contributed by atoms with van der Waals surface area (Å²) in [5.74, 6) is 0. The fourth-order valence-corrected chi connectivity index (χ4v) is 1.11. The third kappa shape index (κ3) is 3.02. The molecule has 0 spiro atoms. The molecule has 0 saturated carbocycles. The topological polar surface area (TPSA) is 78.3 Å². The number of aliphatic hydroxyl groups excluding tert-OH is 2. The summed E-state index contributed by atoms with van der Waals surface area (Å²) in [6.07, 6.45) is 3.18. The Morgan fingerprint density at radius 1 is 1.43 bits per heavy atom. The van der Waals surface area contributed by atoms with Gasteiger partial charge in [0.1, 0.15) is 6.10 Å². The van der Waals surface area contributed by atoms with Crippen molar-refractivity contribution in [3.05, 3.63) is 24.3 Å². The molecule has 1 heterocycles. The fraction of sp³-hybridized carbons (Fsp3) is 0.556. The molecule has 1 rings (SSSR count). The van der Waals surface area contributed by atoms with Crippen LogP contribution in [0.4, 0.5) is 0 Å². The van der Waals surface area contributed by atoms with Crippen molar-refractivity contribution in [1.82, 2.24) is 15.3 Å². The van der Waals surface area contributed by atoms with E-state index in [0.29, 0.717) is 18.7 Å². The van der Waals surface area contributed by atoms with Crippen molar-refractivity contribution in [3.8, 4) is 0 Å². The van der Waals surface area contributed by atoms with Gasteiger partial charge >= 0.3 is 0 Å². The fourth-order valence-electron chi connectivity index (χ4n) is 1.11. The molecule has 14 heavy (non-hydrogen) atoms. The van der Waals surface area contributed by atoms with Gasteiger partial charge in [0.25, 0.3) is 0 Å². The average molecular weight is 197 g/mol. The normalized spacial score (nSPS) is 15.1. The van der Waals surface area contributed by atoms with Crippen molar-refractivity contribution in [1.29, 1.82) is 0 Å². The number of nitrogens with zero attached hydrogens (tertiary/aromatic N) is 2. The summed E-state index contributed by atoms with van der Waals surface area (Å²) >= 11 is 0. The molecular weight excluding hydrogens is 182 g/mol. The zero-order chi connectivity index (χ0) is 10.4. The number of rotatable bonds is 5. The predicted octanol–water partition coefficient (Wildman–Crippen LogP) is -0.520. The molecule has 2 unspecified atom stereocenters. The van der Waals surface area contributed by atoms with Crippen molar-refractivity contribution >= 4 is 0 Å². The molecule has 0 aliphatic heterocycles. The maximum absolute atomic E-state index is 9.64. The first-order valence-corrected chi connectivity index (χ1v) is 4.52. The lowest BCUT2D eigenvalue weighted by Gasteiger charge is -2.16. The summed E-state index contributed by atoms with van der Waals surface area (Å²) in [7, 11) is 1.79. The summed E-state index contributed by atoms with van der Waals surface area (Å²) in [6, 6.07) is 0. The van der Waals surface area contributed by atoms with Gasteiger partial charge in [-0.05, 0) is 20.0 Å². The van der Waals surface area contributed by atoms with Crippen LogP contribution in [0.25, 0.3) is 0 Å². The second kappa shape index (κ2) is 5.64. The highest BCUT2D eigenvalue weighted by Gasteiger charge is 2.18. The van der Waals surface area contributed by atoms with Crippen LogP contribution in [0.1, 0.15) is 18.2 Å². The maximum Gasteiger partial charge on any atom is 0.123 e. The zero-order valence-electron chi connectivity index (χ0n) is 8.09. The van der Waals surface area contributed by atoms with Crippen LogP contribution in [-0.2, 0) is 0 Å². The first-order chi connectivity index (χ1) is 6.75. The Bertz CT molecular complexity index is 255. The first kappa shape index (κ1) is 11.0. The van der Waals surface area contributed by atoms with E-state index < -0.39 is 12.2 Å². The molecule has 0 saturated heterocycles. The van der Waals surface area contributed by atoms with Crippen LogP contribution in [-0.4, -0.2) is 39.9 Å². The van der Waals surface area contributed by atoms with Gasteiger partial charge in [-0.15, -0.1) is 0 Å². The molecule has 0 bridgehead atoms. The second-order valence-electron chi connectivity index (χ2n) is 3.03. The van der Waals surface area contributed by atoms with Crippen LogP contribution in [0, 0.1) is 0 Å². The Morgan fingerprint density at radius 2 is 2.21 bits per heavy atom. The molecule has 0 aliphatic rings. The molecule has 0 radical (unpaired) electrons. The number of hydrogen-bond acceptors (Lipinski definition) is 5. The van der Waals surface area contributed by atoms with Crippen molar-refractivity contribution < 1.29 is 10.2 Å². The lowest BCUT2D eigenvalue weighted by atomic mass is 10.1. The first-order valence-electron chi connectivity index (χ1n) is 4.52. The van der Waals surface area contributed by atoms with Crippen molar-refractivity contribution in [2.75, 3.05) is 13.6 Å². The SMILES string of the molecule is CNCCC(O)C(O)c1cnccn1. The van der Waals surface area contributed by atoms with Gasteiger partial charge in [-0.3, -0.25) is 9.97 Å². The van der Waals surface area contributed by atoms with Crippen molar-refractivity contribution in [2.45, 2.75) is 18.6 Å². The van der Waals surface area contributed by atoms with Crippen LogP contribution >= 0.6 is 0 Å². The van der Waals surface area contributed by atoms with Gasteiger partial charge in [-0.2, -0.15) is 0 Å². The van der Waals surface area contributed by atoms with Gasteiger partial charge in [0, 0.05) is 12.4 Å². The highest BCUT2D eigenvalue weighted by molar-refractivity contribution is 5.01. The molecule has 1 aromatic heterocycles. The van der Waals surface area contributed by atoms with E-state index in [1.54, 1.807) is 7.05 Å². The Balaban J connectivity index is 2.52. The number of nitrogens with one attached hydrogen (secondary N) is 1. The van der Waals surface area contributed by atoms with Crippen LogP contribution in [0.3, 0.4) is 0 Å². The van der Waals surface area contributed by atoms with E-state index in [-0.39, 0.29) is 0 Å². The Labute approximate surface area is 82.8 Å². The molecule has 0 amide bonds. The minimum atomic E-state index is -0.961. The van der Waals surface area contributed by atoms with Gasteiger partial charge < -0.3 is 15.5 Å². The lowest BCUT2D eigenvalue weighted by Crippen LogP contribution is -2.24. The van der Waals surface area contributed by atoms with Crippen LogP contribution in [0.15, 0.2) is 18.6 Å². The minimum absolute atomic E-state index is 0.399. The highest BCUT2D eigenvalue weighted by Crippen LogP contribution is 2.14. The molecule has 5 nitrogen and oxygen atoms in total. The summed E-state index contributed by atoms with van der Waals surface area (Å²) in [6.45, 7) is 0.651. The third-order valence-corrected chi connectivity index (χ3v) is 1.94. The zero-order valence-corrected chi connectivity index (χ0v) is 8.09. The van der Waals surface area contributed by atoms with Gasteiger partial charge in [-0.1, -0.05) is 0 Å². The Kier molecular flexibility index (Phi) is 4.45. The monoisotopic (exact) mass is 197 g/mol. The molecule has 78 valence electrons. The van der Waals surface area contributed by atoms with Crippen LogP contribution in [0.2, 0.25) is 0 Å². The predicted molar refractivity (Wildman–Crippen MR) is 51.5 cm³/mol. The second-order valence-corrected chi connectivity index (χ2v) is 3.03. The summed E-state index contributed by atoms with van der Waals surface area (Å²) in [5, 5.41) is 22.1. The standard InChI is InChI=1S/C9H15N3O2/c1-10-3-2-8(13)9(14)7-6-11-4-5-12-7/h4-6,8-10,13-14H,2-3H2,1H3. The molecule has 1 aromatic rings. The summed E-state index contributed by atoms with van der Waals surface area (Å²) in [4.78, 5) is 7.73. The van der Waals surface area contributed by atoms with Crippen molar-refractivity contribution in [2.24, 2.45) is 0 Å². The maximum atomic E-state index is 9.64. The quantitative estimate of drug-likeness (QED) is 0.592. The van der Waals surface area contributed by atoms with E-state index in [4.69, 9.17) is 0 Å². The molecule has 2 atom stereocenters. The Morgan fingerprint density at radius 3 is 2.79 bits per heavy atom. The minimum Gasteiger partial charge on any atom is -0.390 e. The number of aromatic nitrogens is 2. The Hall–Kier alpha value is -1.04. The van der Waals surface area contributed by atoms with E-state index in [2.05, 4.69) is 15.3 Å². The van der Waals surface area contributed by atoms with E-state index in [9.17, 15) is 10.2 Å². The third-order valence-electron chi connectivity index (χ3n) is 1.94. The molecular formula is C9H15N3O2. The lowest BCUT2D eigenvalue weighted by molar-refractivity contribution is 0.0113. The molecule has 0 aliphatic carbocycles. The number of hydrogen-bond donors (Lipinski definition) is 3. The smallest absolute Gasteiger partial charge is 0.123 e. The molecule has 5 heteroatoms. The van der Waals surface area contributed by atoms with E-state index in [0.717, 1.165) is 0 Å². The van der Waals surface area contributed by atoms with E-state index in [1.807, 2.05) is 0 Å². The van der Waals surface area contributed by atoms with E-state index >= 15 is 0 Å². The van der Waals surface area contributed by atoms with Gasteiger partial charge in [0.05, 0.1) is 18.0 Å². The van der Waals surface area contributed by atoms with Crippen LogP contribution < -0.4 is 5.32 Å². The highest BCUT2D eigenvalue weighted by atomic mass is 16.3. The average Bonchev–Trinajstić information content (AvgIpc) is 2.26. The van der Waals surface area contributed by atoms with Crippen molar-refractivity contribution in [3.63, 3.8) is 0 Å². The molecule has 3 N–H and O–H groups in total. The molecule has 0 aromatic carbocycles.